The van der Waals surface area contributed by atoms with E-state index in [9.17, 15) is 0 Å². The van der Waals surface area contributed by atoms with Crippen molar-refractivity contribution < 1.29 is 0 Å². The van der Waals surface area contributed by atoms with Crippen molar-refractivity contribution in [1.82, 2.24) is 4.98 Å². The van der Waals surface area contributed by atoms with Crippen molar-refractivity contribution in [1.29, 1.82) is 0 Å². The monoisotopic (exact) mass is 290 g/mol. The fraction of sp³-hybridized carbons (Fsp3) is 0.0556. The zero-order valence-electron chi connectivity index (χ0n) is 11.4. The first-order chi connectivity index (χ1) is 10.4. The molecule has 21 heavy (non-hydrogen) atoms. The third kappa shape index (κ3) is 1.98. The van der Waals surface area contributed by atoms with Gasteiger partial charge >= 0.3 is 0 Å². The molecular weight excluding hydrogens is 276 g/mol. The molecule has 1 atom stereocenters. The number of fused-ring (bicyclic) bond motifs is 1. The Balaban J connectivity index is 1.92. The maximum absolute atomic E-state index is 4.57. The van der Waals surface area contributed by atoms with Gasteiger partial charge in [-0.3, -0.25) is 0 Å². The van der Waals surface area contributed by atoms with E-state index in [0.717, 1.165) is 10.7 Å². The van der Waals surface area contributed by atoms with E-state index >= 15 is 0 Å². The molecule has 2 aromatic carbocycles. The lowest BCUT2D eigenvalue weighted by molar-refractivity contribution is 0.732. The van der Waals surface area contributed by atoms with Crippen LogP contribution in [0.1, 0.15) is 16.1 Å². The van der Waals surface area contributed by atoms with Gasteiger partial charge in [0.15, 0.2) is 0 Å². The Labute approximate surface area is 127 Å². The maximum Gasteiger partial charge on any atom is 0.134 e. The zero-order chi connectivity index (χ0) is 14.1. The molecule has 0 spiro atoms. The molecule has 0 saturated heterocycles. The number of hydrogen-bond acceptors (Lipinski definition) is 3. The summed E-state index contributed by atoms with van der Waals surface area (Å²) in [7, 11) is 0. The smallest absolute Gasteiger partial charge is 0.134 e. The molecule has 0 bridgehead atoms. The second kappa shape index (κ2) is 4.86. The second-order valence-electron chi connectivity index (χ2n) is 5.06. The molecule has 0 saturated carbocycles. The van der Waals surface area contributed by atoms with Crippen molar-refractivity contribution in [3.8, 4) is 0 Å². The quantitative estimate of drug-likeness (QED) is 0.750. The van der Waals surface area contributed by atoms with Crippen molar-refractivity contribution in [2.45, 2.75) is 5.54 Å². The number of anilines is 1. The third-order valence-corrected chi connectivity index (χ3v) is 4.71. The number of thiazole rings is 1. The predicted molar refractivity (Wildman–Crippen MR) is 88.4 cm³/mol. The van der Waals surface area contributed by atoms with Gasteiger partial charge in [0, 0.05) is 17.3 Å². The highest BCUT2D eigenvalue weighted by molar-refractivity contribution is 7.09. The van der Waals surface area contributed by atoms with E-state index in [1.54, 1.807) is 11.3 Å². The molecule has 0 amide bonds. The van der Waals surface area contributed by atoms with E-state index in [4.69, 9.17) is 0 Å². The SMILES string of the molecule is C1=CC(c2ccccc2)(c2nccs2)Nc2ccccc21. The standard InChI is InChI=1S/C18H14N2S/c1-2-7-15(8-3-1)18(17-19-12-13-21-17)11-10-14-6-4-5-9-16(14)20-18/h1-13,20H. The molecule has 1 aliphatic rings. The molecule has 1 unspecified atom stereocenters. The lowest BCUT2D eigenvalue weighted by Gasteiger charge is -2.35. The Morgan fingerprint density at radius 3 is 2.57 bits per heavy atom. The maximum atomic E-state index is 4.57. The lowest BCUT2D eigenvalue weighted by atomic mass is 9.86. The van der Waals surface area contributed by atoms with Crippen LogP contribution in [-0.2, 0) is 5.54 Å². The minimum Gasteiger partial charge on any atom is -0.366 e. The van der Waals surface area contributed by atoms with Crippen LogP contribution in [0.3, 0.4) is 0 Å². The van der Waals surface area contributed by atoms with Gasteiger partial charge in [0.05, 0.1) is 0 Å². The van der Waals surface area contributed by atoms with Crippen LogP contribution < -0.4 is 5.32 Å². The topological polar surface area (TPSA) is 24.9 Å². The molecule has 1 N–H and O–H groups in total. The summed E-state index contributed by atoms with van der Waals surface area (Å²) in [6.45, 7) is 0. The highest BCUT2D eigenvalue weighted by Crippen LogP contribution is 2.40. The van der Waals surface area contributed by atoms with Gasteiger partial charge in [-0.2, -0.15) is 0 Å². The molecule has 0 radical (unpaired) electrons. The summed E-state index contributed by atoms with van der Waals surface area (Å²) in [6, 6.07) is 18.8. The molecule has 3 heteroatoms. The van der Waals surface area contributed by atoms with E-state index in [0.29, 0.717) is 0 Å². The first-order valence-corrected chi connectivity index (χ1v) is 7.78. The number of aromatic nitrogens is 1. The van der Waals surface area contributed by atoms with Crippen LogP contribution in [0.25, 0.3) is 6.08 Å². The van der Waals surface area contributed by atoms with Gasteiger partial charge in [0.2, 0.25) is 0 Å². The summed E-state index contributed by atoms with van der Waals surface area (Å²) in [5.41, 5.74) is 3.16. The summed E-state index contributed by atoms with van der Waals surface area (Å²) in [5, 5.41) is 6.77. The van der Waals surface area contributed by atoms with E-state index < -0.39 is 0 Å². The van der Waals surface area contributed by atoms with Crippen LogP contribution in [0.15, 0.2) is 72.3 Å². The fourth-order valence-corrected chi connectivity index (χ4v) is 3.56. The number of para-hydroxylation sites is 1. The zero-order valence-corrected chi connectivity index (χ0v) is 12.2. The van der Waals surface area contributed by atoms with E-state index in [1.165, 1.54) is 11.1 Å². The molecule has 1 aromatic heterocycles. The molecule has 0 aliphatic carbocycles. The Hall–Kier alpha value is -2.39. The van der Waals surface area contributed by atoms with Gasteiger partial charge in [0.1, 0.15) is 10.5 Å². The summed E-state index contributed by atoms with van der Waals surface area (Å²) in [4.78, 5) is 4.57. The van der Waals surface area contributed by atoms with Crippen molar-refractivity contribution in [3.05, 3.63) is 88.4 Å². The van der Waals surface area contributed by atoms with Gasteiger partial charge in [-0.25, -0.2) is 4.98 Å². The lowest BCUT2D eigenvalue weighted by Crippen LogP contribution is -2.36. The van der Waals surface area contributed by atoms with Crippen LogP contribution in [-0.4, -0.2) is 4.98 Å². The Morgan fingerprint density at radius 2 is 1.76 bits per heavy atom. The highest BCUT2D eigenvalue weighted by Gasteiger charge is 2.36. The Bertz CT molecular complexity index is 778. The molecule has 102 valence electrons. The fourth-order valence-electron chi connectivity index (χ4n) is 2.76. The molecule has 2 heterocycles. The molecule has 0 fully saturated rings. The molecule has 3 aromatic rings. The first-order valence-electron chi connectivity index (χ1n) is 6.90. The average molecular weight is 290 g/mol. The van der Waals surface area contributed by atoms with Crippen molar-refractivity contribution in [3.63, 3.8) is 0 Å². The number of nitrogens with one attached hydrogen (secondary N) is 1. The summed E-state index contributed by atoms with van der Waals surface area (Å²) in [6.07, 6.45) is 6.25. The van der Waals surface area contributed by atoms with Gasteiger partial charge in [-0.05, 0) is 23.3 Å². The van der Waals surface area contributed by atoms with E-state index in [-0.39, 0.29) is 5.54 Å². The number of benzene rings is 2. The minimum absolute atomic E-state index is 0.385. The van der Waals surface area contributed by atoms with Crippen LogP contribution in [0, 0.1) is 0 Å². The average Bonchev–Trinajstić information content (AvgIpc) is 3.10. The molecule has 4 rings (SSSR count). The van der Waals surface area contributed by atoms with Crippen molar-refractivity contribution >= 4 is 23.1 Å². The van der Waals surface area contributed by atoms with Gasteiger partial charge in [-0.15, -0.1) is 11.3 Å². The normalized spacial score (nSPS) is 19.8. The van der Waals surface area contributed by atoms with Crippen LogP contribution >= 0.6 is 11.3 Å². The van der Waals surface area contributed by atoms with Crippen LogP contribution in [0.2, 0.25) is 0 Å². The molecule has 2 nitrogen and oxygen atoms in total. The largest absolute Gasteiger partial charge is 0.366 e. The number of nitrogens with zero attached hydrogens (tertiary/aromatic N) is 1. The van der Waals surface area contributed by atoms with E-state index in [2.05, 4.69) is 71.0 Å². The van der Waals surface area contributed by atoms with E-state index in [1.807, 2.05) is 17.6 Å². The van der Waals surface area contributed by atoms with Crippen molar-refractivity contribution in [2.24, 2.45) is 0 Å². The number of rotatable bonds is 2. The minimum atomic E-state index is -0.385. The van der Waals surface area contributed by atoms with Crippen LogP contribution in [0.4, 0.5) is 5.69 Å². The second-order valence-corrected chi connectivity index (χ2v) is 5.95. The molecular formula is C18H14N2S. The summed E-state index contributed by atoms with van der Waals surface area (Å²) >= 11 is 1.67. The molecule has 1 aliphatic heterocycles. The summed E-state index contributed by atoms with van der Waals surface area (Å²) in [5.74, 6) is 0. The van der Waals surface area contributed by atoms with Gasteiger partial charge in [0.25, 0.3) is 0 Å². The van der Waals surface area contributed by atoms with Crippen LogP contribution in [0.5, 0.6) is 0 Å². The predicted octanol–water partition coefficient (Wildman–Crippen LogP) is 4.53. The third-order valence-electron chi connectivity index (χ3n) is 3.80. The Kier molecular flexibility index (Phi) is 2.86. The van der Waals surface area contributed by atoms with Gasteiger partial charge in [-0.1, -0.05) is 54.6 Å². The van der Waals surface area contributed by atoms with Gasteiger partial charge < -0.3 is 5.32 Å². The first kappa shape index (κ1) is 12.4. The highest BCUT2D eigenvalue weighted by atomic mass is 32.1. The summed E-state index contributed by atoms with van der Waals surface area (Å²) < 4.78 is 0. The van der Waals surface area contributed by atoms with Crippen molar-refractivity contribution in [2.75, 3.05) is 5.32 Å². The number of hydrogen-bond donors (Lipinski definition) is 1. The Morgan fingerprint density at radius 1 is 0.952 bits per heavy atom.